The van der Waals surface area contributed by atoms with Crippen molar-refractivity contribution < 1.29 is 4.79 Å². The molecular formula is C17H29N3O. The molecule has 4 heteroatoms. The van der Waals surface area contributed by atoms with Crippen molar-refractivity contribution >= 4 is 11.6 Å². The lowest BCUT2D eigenvalue weighted by atomic mass is 9.86. The van der Waals surface area contributed by atoms with E-state index in [1.54, 1.807) is 0 Å². The lowest BCUT2D eigenvalue weighted by molar-refractivity contribution is -0.119. The first-order chi connectivity index (χ1) is 9.80. The summed E-state index contributed by atoms with van der Waals surface area (Å²) in [5.74, 6) is 0.0393. The van der Waals surface area contributed by atoms with E-state index < -0.39 is 0 Å². The van der Waals surface area contributed by atoms with Crippen molar-refractivity contribution in [3.63, 3.8) is 0 Å². The number of rotatable bonds is 7. The lowest BCUT2D eigenvalue weighted by Gasteiger charge is -2.23. The summed E-state index contributed by atoms with van der Waals surface area (Å²) in [6, 6.07) is 8.16. The third-order valence-corrected chi connectivity index (χ3v) is 3.28. The van der Waals surface area contributed by atoms with E-state index in [-0.39, 0.29) is 11.3 Å². The van der Waals surface area contributed by atoms with Gasteiger partial charge in [-0.1, -0.05) is 39.0 Å². The molecule has 0 radical (unpaired) electrons. The van der Waals surface area contributed by atoms with E-state index in [1.807, 2.05) is 32.3 Å². The van der Waals surface area contributed by atoms with Crippen LogP contribution in [0.15, 0.2) is 24.3 Å². The number of nitrogens with one attached hydrogen (secondary N) is 2. The topological polar surface area (TPSA) is 44.4 Å². The van der Waals surface area contributed by atoms with E-state index >= 15 is 0 Å². The third-order valence-electron chi connectivity index (χ3n) is 3.28. The maximum atomic E-state index is 11.8. The van der Waals surface area contributed by atoms with Gasteiger partial charge in [-0.15, -0.1) is 0 Å². The minimum atomic E-state index is 0.0393. The Hall–Kier alpha value is -1.55. The minimum absolute atomic E-state index is 0.0393. The second-order valence-corrected chi connectivity index (χ2v) is 6.66. The molecule has 0 saturated carbocycles. The summed E-state index contributed by atoms with van der Waals surface area (Å²) in [6.07, 6.45) is 0.970. The summed E-state index contributed by atoms with van der Waals surface area (Å²) in [7, 11) is 4.07. The first kappa shape index (κ1) is 17.5. The fourth-order valence-corrected chi connectivity index (χ4v) is 2.15. The number of benzene rings is 1. The summed E-state index contributed by atoms with van der Waals surface area (Å²) in [6.45, 7) is 8.55. The zero-order valence-corrected chi connectivity index (χ0v) is 14.0. The Kier molecular flexibility index (Phi) is 6.69. The molecule has 118 valence electrons. The van der Waals surface area contributed by atoms with Crippen molar-refractivity contribution in [2.24, 2.45) is 0 Å². The van der Waals surface area contributed by atoms with Crippen LogP contribution in [-0.2, 0) is 10.2 Å². The van der Waals surface area contributed by atoms with Crippen LogP contribution in [0.25, 0.3) is 0 Å². The molecule has 21 heavy (non-hydrogen) atoms. The van der Waals surface area contributed by atoms with Crippen LogP contribution in [-0.4, -0.2) is 44.5 Å². The van der Waals surface area contributed by atoms with E-state index in [4.69, 9.17) is 0 Å². The second kappa shape index (κ2) is 8.03. The van der Waals surface area contributed by atoms with Crippen molar-refractivity contribution in [3.05, 3.63) is 29.8 Å². The standard InChI is InChI=1S/C17H29N3O/c1-17(2,3)14-9-6-7-10-15(14)19-13-16(21)18-11-8-12-20(4)5/h6-7,9-10,19H,8,11-13H2,1-5H3,(H,18,21). The Morgan fingerprint density at radius 2 is 1.86 bits per heavy atom. The summed E-state index contributed by atoms with van der Waals surface area (Å²) in [5.41, 5.74) is 2.32. The van der Waals surface area contributed by atoms with Crippen molar-refractivity contribution in [2.45, 2.75) is 32.6 Å². The van der Waals surface area contributed by atoms with Gasteiger partial charge in [0.1, 0.15) is 0 Å². The maximum Gasteiger partial charge on any atom is 0.239 e. The van der Waals surface area contributed by atoms with E-state index in [2.05, 4.69) is 42.4 Å². The van der Waals surface area contributed by atoms with Gasteiger partial charge in [-0.05, 0) is 44.1 Å². The van der Waals surface area contributed by atoms with Gasteiger partial charge in [-0.2, -0.15) is 0 Å². The summed E-state index contributed by atoms with van der Waals surface area (Å²) in [5, 5.41) is 6.19. The number of anilines is 1. The quantitative estimate of drug-likeness (QED) is 0.759. The van der Waals surface area contributed by atoms with Gasteiger partial charge in [0.15, 0.2) is 0 Å². The van der Waals surface area contributed by atoms with E-state index in [0.717, 1.165) is 25.2 Å². The molecule has 0 atom stereocenters. The Morgan fingerprint density at radius 3 is 2.48 bits per heavy atom. The molecule has 4 nitrogen and oxygen atoms in total. The zero-order chi connectivity index (χ0) is 15.9. The number of carbonyl (C=O) groups excluding carboxylic acids is 1. The highest BCUT2D eigenvalue weighted by atomic mass is 16.1. The van der Waals surface area contributed by atoms with Crippen LogP contribution in [0.2, 0.25) is 0 Å². The molecule has 0 fully saturated rings. The fraction of sp³-hybridized carbons (Fsp3) is 0.588. The SMILES string of the molecule is CN(C)CCCNC(=O)CNc1ccccc1C(C)(C)C. The average molecular weight is 291 g/mol. The predicted molar refractivity (Wildman–Crippen MR) is 89.8 cm³/mol. The smallest absolute Gasteiger partial charge is 0.239 e. The number of hydrogen-bond acceptors (Lipinski definition) is 3. The van der Waals surface area contributed by atoms with Crippen LogP contribution in [0.5, 0.6) is 0 Å². The number of para-hydroxylation sites is 1. The van der Waals surface area contributed by atoms with Crippen molar-refractivity contribution in [1.82, 2.24) is 10.2 Å². The van der Waals surface area contributed by atoms with E-state index in [9.17, 15) is 4.79 Å². The number of hydrogen-bond donors (Lipinski definition) is 2. The van der Waals surface area contributed by atoms with Gasteiger partial charge in [0.05, 0.1) is 6.54 Å². The molecule has 1 rings (SSSR count). The highest BCUT2D eigenvalue weighted by Crippen LogP contribution is 2.28. The third kappa shape index (κ3) is 6.63. The van der Waals surface area contributed by atoms with E-state index in [1.165, 1.54) is 5.56 Å². The van der Waals surface area contributed by atoms with Gasteiger partial charge in [0.2, 0.25) is 5.91 Å². The minimum Gasteiger partial charge on any atom is -0.376 e. The Morgan fingerprint density at radius 1 is 1.19 bits per heavy atom. The molecule has 1 amide bonds. The highest BCUT2D eigenvalue weighted by Gasteiger charge is 2.17. The van der Waals surface area contributed by atoms with Gasteiger partial charge < -0.3 is 15.5 Å². The van der Waals surface area contributed by atoms with Crippen LogP contribution < -0.4 is 10.6 Å². The highest BCUT2D eigenvalue weighted by molar-refractivity contribution is 5.81. The Bertz CT molecular complexity index is 450. The Balaban J connectivity index is 2.43. The molecule has 0 aromatic heterocycles. The molecule has 0 unspecified atom stereocenters. The van der Waals surface area contributed by atoms with Gasteiger partial charge in [-0.3, -0.25) is 4.79 Å². The van der Waals surface area contributed by atoms with Crippen LogP contribution in [0.3, 0.4) is 0 Å². The fourth-order valence-electron chi connectivity index (χ4n) is 2.15. The largest absolute Gasteiger partial charge is 0.376 e. The summed E-state index contributed by atoms with van der Waals surface area (Å²) < 4.78 is 0. The molecule has 0 saturated heterocycles. The number of nitrogens with zero attached hydrogens (tertiary/aromatic N) is 1. The second-order valence-electron chi connectivity index (χ2n) is 6.66. The van der Waals surface area contributed by atoms with Gasteiger partial charge in [0, 0.05) is 12.2 Å². The Labute approximate surface area is 128 Å². The maximum absolute atomic E-state index is 11.8. The molecule has 0 aliphatic carbocycles. The first-order valence-corrected chi connectivity index (χ1v) is 7.55. The van der Waals surface area contributed by atoms with Crippen LogP contribution in [0.1, 0.15) is 32.8 Å². The molecule has 0 spiro atoms. The first-order valence-electron chi connectivity index (χ1n) is 7.55. The molecule has 1 aromatic rings. The van der Waals surface area contributed by atoms with Crippen molar-refractivity contribution in [2.75, 3.05) is 39.0 Å². The summed E-state index contributed by atoms with van der Waals surface area (Å²) >= 11 is 0. The van der Waals surface area contributed by atoms with E-state index in [0.29, 0.717) is 6.54 Å². The molecule has 1 aromatic carbocycles. The lowest BCUT2D eigenvalue weighted by Crippen LogP contribution is -2.32. The molecule has 0 heterocycles. The molecule has 0 aliphatic heterocycles. The monoisotopic (exact) mass is 291 g/mol. The number of carbonyl (C=O) groups is 1. The van der Waals surface area contributed by atoms with Gasteiger partial charge in [0.25, 0.3) is 0 Å². The van der Waals surface area contributed by atoms with Crippen molar-refractivity contribution in [1.29, 1.82) is 0 Å². The molecule has 2 N–H and O–H groups in total. The summed E-state index contributed by atoms with van der Waals surface area (Å²) in [4.78, 5) is 13.9. The van der Waals surface area contributed by atoms with Crippen LogP contribution in [0.4, 0.5) is 5.69 Å². The van der Waals surface area contributed by atoms with Crippen molar-refractivity contribution in [3.8, 4) is 0 Å². The predicted octanol–water partition coefficient (Wildman–Crippen LogP) is 2.46. The zero-order valence-electron chi connectivity index (χ0n) is 14.0. The average Bonchev–Trinajstić information content (AvgIpc) is 2.40. The number of amides is 1. The normalized spacial score (nSPS) is 11.5. The van der Waals surface area contributed by atoms with Gasteiger partial charge in [-0.25, -0.2) is 0 Å². The van der Waals surface area contributed by atoms with Crippen LogP contribution >= 0.6 is 0 Å². The molecular weight excluding hydrogens is 262 g/mol. The van der Waals surface area contributed by atoms with Crippen LogP contribution in [0, 0.1) is 0 Å². The molecule has 0 aliphatic rings. The van der Waals surface area contributed by atoms with Gasteiger partial charge >= 0.3 is 0 Å². The molecule has 0 bridgehead atoms.